The fourth-order valence-corrected chi connectivity index (χ4v) is 4.11. The van der Waals surface area contributed by atoms with E-state index in [1.807, 2.05) is 18.2 Å². The van der Waals surface area contributed by atoms with E-state index in [4.69, 9.17) is 33.7 Å². The van der Waals surface area contributed by atoms with E-state index in [0.717, 1.165) is 16.9 Å². The summed E-state index contributed by atoms with van der Waals surface area (Å²) in [5.74, 6) is 0.222. The number of imide groups is 1. The van der Waals surface area contributed by atoms with Crippen molar-refractivity contribution in [1.29, 1.82) is 0 Å². The highest BCUT2D eigenvalue weighted by atomic mass is 35.5. The van der Waals surface area contributed by atoms with Crippen molar-refractivity contribution < 1.29 is 14.3 Å². The number of carbonyl (C=O) groups is 2. The van der Waals surface area contributed by atoms with Gasteiger partial charge in [-0.25, -0.2) is 0 Å². The Hall–Kier alpha value is -2.08. The van der Waals surface area contributed by atoms with Gasteiger partial charge in [-0.1, -0.05) is 35.3 Å². The van der Waals surface area contributed by atoms with Gasteiger partial charge in [0.25, 0.3) is 5.91 Å². The summed E-state index contributed by atoms with van der Waals surface area (Å²) in [7, 11) is 0. The molecule has 27 heavy (non-hydrogen) atoms. The van der Waals surface area contributed by atoms with E-state index in [0.29, 0.717) is 36.7 Å². The number of piperidine rings is 1. The summed E-state index contributed by atoms with van der Waals surface area (Å²) < 4.78 is 5.82. The zero-order chi connectivity index (χ0) is 19.2. The molecular weight excluding hydrogens is 387 g/mol. The van der Waals surface area contributed by atoms with E-state index >= 15 is 0 Å². The second kappa shape index (κ2) is 6.82. The standard InChI is InChI=1S/C20H18Cl2N2O3/c21-15-3-2-13(8-16(15)22)19(26)24-6-5-20(9-18(24)25)11-27-17-4-1-12(10-23)7-14(17)20/h1-4,7-8H,5-6,9-11,23H2. The molecule has 7 heteroatoms. The van der Waals surface area contributed by atoms with Crippen molar-refractivity contribution in [1.82, 2.24) is 4.90 Å². The first-order chi connectivity index (χ1) is 12.9. The number of nitrogens with zero attached hydrogens (tertiary/aromatic N) is 1. The normalized spacial score (nSPS) is 21.3. The number of fused-ring (bicyclic) bond motifs is 2. The summed E-state index contributed by atoms with van der Waals surface area (Å²) in [4.78, 5) is 26.9. The van der Waals surface area contributed by atoms with Crippen molar-refractivity contribution in [3.63, 3.8) is 0 Å². The molecule has 0 bridgehead atoms. The molecule has 140 valence electrons. The molecule has 2 heterocycles. The van der Waals surface area contributed by atoms with Gasteiger partial charge in [-0.3, -0.25) is 14.5 Å². The quantitative estimate of drug-likeness (QED) is 0.776. The van der Waals surface area contributed by atoms with Crippen LogP contribution in [0, 0.1) is 0 Å². The van der Waals surface area contributed by atoms with Crippen LogP contribution >= 0.6 is 23.2 Å². The Labute approximate surface area is 167 Å². The van der Waals surface area contributed by atoms with Gasteiger partial charge in [0.1, 0.15) is 5.75 Å². The maximum absolute atomic E-state index is 12.9. The Morgan fingerprint density at radius 1 is 1.19 bits per heavy atom. The van der Waals surface area contributed by atoms with Crippen LogP contribution in [0.3, 0.4) is 0 Å². The van der Waals surface area contributed by atoms with Crippen LogP contribution in [0.5, 0.6) is 5.75 Å². The number of carbonyl (C=O) groups excluding carboxylic acids is 2. The molecule has 2 N–H and O–H groups in total. The van der Waals surface area contributed by atoms with Crippen molar-refractivity contribution in [2.24, 2.45) is 5.73 Å². The predicted octanol–water partition coefficient (Wildman–Crippen LogP) is 3.55. The molecule has 1 unspecified atom stereocenters. The summed E-state index contributed by atoms with van der Waals surface area (Å²) in [5.41, 5.74) is 7.72. The van der Waals surface area contributed by atoms with Gasteiger partial charge in [0.15, 0.2) is 0 Å². The molecular formula is C20H18Cl2N2O3. The lowest BCUT2D eigenvalue weighted by atomic mass is 9.73. The number of amides is 2. The van der Waals surface area contributed by atoms with Crippen LogP contribution in [0.4, 0.5) is 0 Å². The second-order valence-electron chi connectivity index (χ2n) is 7.01. The van der Waals surface area contributed by atoms with Crippen molar-refractivity contribution >= 4 is 35.0 Å². The molecule has 4 rings (SSSR count). The third-order valence-corrected chi connectivity index (χ3v) is 6.11. The maximum Gasteiger partial charge on any atom is 0.260 e. The minimum Gasteiger partial charge on any atom is -0.492 e. The highest BCUT2D eigenvalue weighted by Crippen LogP contribution is 2.46. The van der Waals surface area contributed by atoms with Crippen LogP contribution in [0.15, 0.2) is 36.4 Å². The van der Waals surface area contributed by atoms with Crippen LogP contribution in [0.1, 0.15) is 34.3 Å². The van der Waals surface area contributed by atoms with Crippen molar-refractivity contribution in [3.05, 3.63) is 63.1 Å². The molecule has 1 atom stereocenters. The SMILES string of the molecule is NCc1ccc2c(c1)C1(CCN(C(=O)c3ccc(Cl)c(Cl)c3)C(=O)C1)CO2. The zero-order valence-corrected chi connectivity index (χ0v) is 16.0. The first kappa shape index (κ1) is 18.3. The highest BCUT2D eigenvalue weighted by Gasteiger charge is 2.47. The Morgan fingerprint density at radius 2 is 2.00 bits per heavy atom. The molecule has 2 aliphatic rings. The summed E-state index contributed by atoms with van der Waals surface area (Å²) in [6.45, 7) is 1.20. The minimum absolute atomic E-state index is 0.216. The van der Waals surface area contributed by atoms with Crippen LogP contribution in [0.2, 0.25) is 10.0 Å². The molecule has 0 radical (unpaired) electrons. The highest BCUT2D eigenvalue weighted by molar-refractivity contribution is 6.42. The number of rotatable bonds is 2. The van der Waals surface area contributed by atoms with E-state index in [1.54, 1.807) is 12.1 Å². The smallest absolute Gasteiger partial charge is 0.260 e. The molecule has 2 amide bonds. The largest absolute Gasteiger partial charge is 0.492 e. The van der Waals surface area contributed by atoms with Crippen LogP contribution in [0.25, 0.3) is 0 Å². The number of benzene rings is 2. The maximum atomic E-state index is 12.9. The Bertz CT molecular complexity index is 947. The van der Waals surface area contributed by atoms with Crippen LogP contribution in [-0.2, 0) is 16.8 Å². The number of likely N-dealkylation sites (tertiary alicyclic amines) is 1. The van der Waals surface area contributed by atoms with Gasteiger partial charge in [0.05, 0.1) is 16.7 Å². The Morgan fingerprint density at radius 3 is 2.70 bits per heavy atom. The van der Waals surface area contributed by atoms with Gasteiger partial charge >= 0.3 is 0 Å². The monoisotopic (exact) mass is 404 g/mol. The molecule has 1 saturated heterocycles. The third-order valence-electron chi connectivity index (χ3n) is 5.37. The lowest BCUT2D eigenvalue weighted by Crippen LogP contribution is -2.49. The first-order valence-corrected chi connectivity index (χ1v) is 9.45. The van der Waals surface area contributed by atoms with E-state index in [2.05, 4.69) is 0 Å². The number of ether oxygens (including phenoxy) is 1. The average molecular weight is 405 g/mol. The molecule has 0 aromatic heterocycles. The molecule has 2 aromatic carbocycles. The van der Waals surface area contributed by atoms with Crippen LogP contribution in [-0.4, -0.2) is 29.9 Å². The summed E-state index contributed by atoms with van der Waals surface area (Å²) in [5, 5.41) is 0.656. The number of halogens is 2. The average Bonchev–Trinajstić information content (AvgIpc) is 3.01. The predicted molar refractivity (Wildman–Crippen MR) is 103 cm³/mol. The molecule has 2 aromatic rings. The summed E-state index contributed by atoms with van der Waals surface area (Å²) >= 11 is 11.9. The lowest BCUT2D eigenvalue weighted by Gasteiger charge is -2.37. The molecule has 0 aliphatic carbocycles. The van der Waals surface area contributed by atoms with Gasteiger partial charge in [-0.2, -0.15) is 0 Å². The number of hydrogen-bond acceptors (Lipinski definition) is 4. The van der Waals surface area contributed by atoms with E-state index < -0.39 is 5.41 Å². The van der Waals surface area contributed by atoms with E-state index in [1.165, 1.54) is 11.0 Å². The number of nitrogens with two attached hydrogens (primary N) is 1. The van der Waals surface area contributed by atoms with E-state index in [-0.39, 0.29) is 23.3 Å². The Balaban J connectivity index is 1.58. The fourth-order valence-electron chi connectivity index (χ4n) is 3.81. The molecule has 1 fully saturated rings. The van der Waals surface area contributed by atoms with Gasteiger partial charge in [0.2, 0.25) is 5.91 Å². The first-order valence-electron chi connectivity index (χ1n) is 8.69. The van der Waals surface area contributed by atoms with Gasteiger partial charge < -0.3 is 10.5 Å². The molecule has 2 aliphatic heterocycles. The van der Waals surface area contributed by atoms with Crippen molar-refractivity contribution in [3.8, 4) is 5.75 Å². The summed E-state index contributed by atoms with van der Waals surface area (Å²) in [6, 6.07) is 10.5. The molecule has 0 saturated carbocycles. The topological polar surface area (TPSA) is 72.6 Å². The van der Waals surface area contributed by atoms with Crippen molar-refractivity contribution in [2.75, 3.05) is 13.2 Å². The van der Waals surface area contributed by atoms with Gasteiger partial charge in [-0.05, 0) is 36.2 Å². The van der Waals surface area contributed by atoms with Gasteiger partial charge in [0, 0.05) is 36.1 Å². The fraction of sp³-hybridized carbons (Fsp3) is 0.300. The Kier molecular flexibility index (Phi) is 4.62. The van der Waals surface area contributed by atoms with E-state index in [9.17, 15) is 9.59 Å². The minimum atomic E-state index is -0.397. The number of hydrogen-bond donors (Lipinski definition) is 1. The third kappa shape index (κ3) is 3.10. The second-order valence-corrected chi connectivity index (χ2v) is 7.82. The van der Waals surface area contributed by atoms with Crippen LogP contribution < -0.4 is 10.5 Å². The van der Waals surface area contributed by atoms with Crippen molar-refractivity contribution in [2.45, 2.75) is 24.8 Å². The molecule has 5 nitrogen and oxygen atoms in total. The lowest BCUT2D eigenvalue weighted by molar-refractivity contribution is -0.133. The zero-order valence-electron chi connectivity index (χ0n) is 14.5. The molecule has 1 spiro atoms. The summed E-state index contributed by atoms with van der Waals surface area (Å²) in [6.07, 6.45) is 0.869. The van der Waals surface area contributed by atoms with Gasteiger partial charge in [-0.15, -0.1) is 0 Å².